The van der Waals surface area contributed by atoms with Gasteiger partial charge >= 0.3 is 0 Å². The predicted molar refractivity (Wildman–Crippen MR) is 190 cm³/mol. The lowest BCUT2D eigenvalue weighted by Gasteiger charge is -2.46. The van der Waals surface area contributed by atoms with Crippen LogP contribution >= 0.6 is 0 Å². The molecule has 5 atom stereocenters. The Labute approximate surface area is 289 Å². The van der Waals surface area contributed by atoms with Gasteiger partial charge in [0.15, 0.2) is 5.78 Å². The zero-order valence-electron chi connectivity index (χ0n) is 27.9. The molecule has 1 heterocycles. The van der Waals surface area contributed by atoms with E-state index in [0.717, 1.165) is 27.8 Å². The van der Waals surface area contributed by atoms with Crippen LogP contribution in [0.1, 0.15) is 45.1 Å². The van der Waals surface area contributed by atoms with Crippen molar-refractivity contribution >= 4 is 5.78 Å². The standard InChI is InChI=1S/C43H44O6/c1-32(44)38-25-15-14-24-37(38)26-39-41(46-28-34-18-8-3-9-19-34)43(48-30-36-22-12-5-13-23-36)42(47-29-35-20-10-4-11-21-35)40(49-39)31-45-27-33-16-6-2-7-17-33/h2-25,39-43H,26-31H2,1H3. The minimum Gasteiger partial charge on any atom is -0.374 e. The van der Waals surface area contributed by atoms with Crippen LogP contribution in [0.4, 0.5) is 0 Å². The third-order valence-corrected chi connectivity index (χ3v) is 8.80. The topological polar surface area (TPSA) is 63.2 Å². The summed E-state index contributed by atoms with van der Waals surface area (Å²) < 4.78 is 33.7. The van der Waals surface area contributed by atoms with Gasteiger partial charge < -0.3 is 23.7 Å². The lowest BCUT2D eigenvalue weighted by atomic mass is 9.89. The second-order valence-corrected chi connectivity index (χ2v) is 12.4. The molecule has 0 amide bonds. The van der Waals surface area contributed by atoms with Crippen molar-refractivity contribution in [1.29, 1.82) is 0 Å². The molecule has 49 heavy (non-hydrogen) atoms. The summed E-state index contributed by atoms with van der Waals surface area (Å²) in [4.78, 5) is 12.7. The van der Waals surface area contributed by atoms with E-state index in [9.17, 15) is 4.79 Å². The summed E-state index contributed by atoms with van der Waals surface area (Å²) in [5.41, 5.74) is 5.80. The quantitative estimate of drug-likeness (QED) is 0.0999. The molecular formula is C43H44O6. The van der Waals surface area contributed by atoms with Gasteiger partial charge in [-0.25, -0.2) is 0 Å². The Hall–Kier alpha value is -4.43. The van der Waals surface area contributed by atoms with Crippen molar-refractivity contribution in [2.45, 2.75) is 70.3 Å². The van der Waals surface area contributed by atoms with Crippen LogP contribution in [0.2, 0.25) is 0 Å². The van der Waals surface area contributed by atoms with Crippen molar-refractivity contribution in [3.63, 3.8) is 0 Å². The number of benzene rings is 5. The molecule has 5 aromatic carbocycles. The summed E-state index contributed by atoms with van der Waals surface area (Å²) in [6.07, 6.45) is -2.01. The molecule has 1 aliphatic heterocycles. The molecule has 0 N–H and O–H groups in total. The molecule has 1 aliphatic rings. The molecule has 252 valence electrons. The highest BCUT2D eigenvalue weighted by Gasteiger charge is 2.48. The molecule has 6 rings (SSSR count). The number of rotatable bonds is 16. The van der Waals surface area contributed by atoms with Gasteiger partial charge in [0.25, 0.3) is 0 Å². The van der Waals surface area contributed by atoms with E-state index in [-0.39, 0.29) is 12.4 Å². The fourth-order valence-electron chi connectivity index (χ4n) is 6.31. The molecule has 0 bridgehead atoms. The van der Waals surface area contributed by atoms with Crippen molar-refractivity contribution in [3.05, 3.63) is 179 Å². The fourth-order valence-corrected chi connectivity index (χ4v) is 6.31. The lowest BCUT2D eigenvalue weighted by molar-refractivity contribution is -0.272. The van der Waals surface area contributed by atoms with Crippen molar-refractivity contribution in [3.8, 4) is 0 Å². The molecule has 0 aromatic heterocycles. The largest absolute Gasteiger partial charge is 0.374 e. The van der Waals surface area contributed by atoms with Gasteiger partial charge in [0.05, 0.1) is 39.1 Å². The second-order valence-electron chi connectivity index (χ2n) is 12.4. The molecule has 0 aliphatic carbocycles. The Balaban J connectivity index is 1.35. The Morgan fingerprint density at radius 3 is 1.41 bits per heavy atom. The summed E-state index contributed by atoms with van der Waals surface area (Å²) in [6.45, 7) is 3.44. The normalized spacial score (nSPS) is 20.6. The lowest BCUT2D eigenvalue weighted by Crippen LogP contribution is -2.61. The number of ether oxygens (including phenoxy) is 5. The monoisotopic (exact) mass is 656 g/mol. The van der Waals surface area contributed by atoms with Gasteiger partial charge in [-0.1, -0.05) is 146 Å². The van der Waals surface area contributed by atoms with Crippen molar-refractivity contribution in [2.24, 2.45) is 0 Å². The van der Waals surface area contributed by atoms with Crippen LogP contribution in [0.25, 0.3) is 0 Å². The number of hydrogen-bond donors (Lipinski definition) is 0. The van der Waals surface area contributed by atoms with E-state index in [1.165, 1.54) is 0 Å². The first-order valence-electron chi connectivity index (χ1n) is 17.0. The van der Waals surface area contributed by atoms with Gasteiger partial charge in [-0.05, 0) is 34.7 Å². The zero-order chi connectivity index (χ0) is 33.7. The smallest absolute Gasteiger partial charge is 0.160 e. The highest BCUT2D eigenvalue weighted by atomic mass is 16.6. The Bertz CT molecular complexity index is 1700. The van der Waals surface area contributed by atoms with Gasteiger partial charge in [-0.3, -0.25) is 4.79 Å². The average Bonchev–Trinajstić information content (AvgIpc) is 3.15. The van der Waals surface area contributed by atoms with E-state index in [0.29, 0.717) is 38.4 Å². The molecule has 5 unspecified atom stereocenters. The maximum Gasteiger partial charge on any atom is 0.160 e. The third kappa shape index (κ3) is 9.82. The molecule has 0 radical (unpaired) electrons. The van der Waals surface area contributed by atoms with Crippen LogP contribution in [0.3, 0.4) is 0 Å². The molecule has 5 aromatic rings. The number of hydrogen-bond acceptors (Lipinski definition) is 6. The van der Waals surface area contributed by atoms with Crippen molar-refractivity contribution in [2.75, 3.05) is 6.61 Å². The van der Waals surface area contributed by atoms with Crippen LogP contribution in [-0.2, 0) is 56.5 Å². The minimum absolute atomic E-state index is 0.0110. The van der Waals surface area contributed by atoms with Gasteiger partial charge in [0, 0.05) is 12.0 Å². The Morgan fingerprint density at radius 2 is 0.918 bits per heavy atom. The zero-order valence-corrected chi connectivity index (χ0v) is 27.9. The average molecular weight is 657 g/mol. The van der Waals surface area contributed by atoms with E-state index in [1.54, 1.807) is 6.92 Å². The number of Topliss-reactive ketones (excluding diaryl/α,β-unsaturated/α-hetero) is 1. The summed E-state index contributed by atoms with van der Waals surface area (Å²) in [7, 11) is 0. The van der Waals surface area contributed by atoms with Crippen LogP contribution in [0.15, 0.2) is 146 Å². The summed E-state index contributed by atoms with van der Waals surface area (Å²) in [6, 6.07) is 48.2. The van der Waals surface area contributed by atoms with Crippen molar-refractivity contribution < 1.29 is 28.5 Å². The van der Waals surface area contributed by atoms with E-state index in [4.69, 9.17) is 23.7 Å². The third-order valence-electron chi connectivity index (χ3n) is 8.80. The summed E-state index contributed by atoms with van der Waals surface area (Å²) in [5.74, 6) is 0.0110. The highest BCUT2D eigenvalue weighted by Crippen LogP contribution is 2.33. The van der Waals surface area contributed by atoms with Gasteiger partial charge in [0.2, 0.25) is 0 Å². The highest BCUT2D eigenvalue weighted by molar-refractivity contribution is 5.95. The fraction of sp³-hybridized carbons (Fsp3) is 0.279. The maximum absolute atomic E-state index is 12.7. The van der Waals surface area contributed by atoms with E-state index < -0.39 is 30.5 Å². The van der Waals surface area contributed by atoms with Crippen LogP contribution < -0.4 is 0 Å². The minimum atomic E-state index is -0.518. The van der Waals surface area contributed by atoms with Crippen LogP contribution in [0.5, 0.6) is 0 Å². The Morgan fingerprint density at radius 1 is 0.510 bits per heavy atom. The number of carbonyl (C=O) groups is 1. The van der Waals surface area contributed by atoms with Gasteiger partial charge in [-0.2, -0.15) is 0 Å². The molecule has 6 heteroatoms. The van der Waals surface area contributed by atoms with E-state index >= 15 is 0 Å². The summed E-state index contributed by atoms with van der Waals surface area (Å²) >= 11 is 0. The van der Waals surface area contributed by atoms with E-state index in [2.05, 4.69) is 24.3 Å². The van der Waals surface area contributed by atoms with Crippen LogP contribution in [0, 0.1) is 0 Å². The molecular weight excluding hydrogens is 612 g/mol. The molecule has 1 fully saturated rings. The SMILES string of the molecule is CC(=O)c1ccccc1CC1OC(COCc2ccccc2)C(OCc2ccccc2)C(OCc2ccccc2)C1OCc1ccccc1. The maximum atomic E-state index is 12.7. The first-order chi connectivity index (χ1) is 24.1. The Kier molecular flexibility index (Phi) is 12.5. The number of ketones is 1. The first-order valence-corrected chi connectivity index (χ1v) is 17.0. The summed E-state index contributed by atoms with van der Waals surface area (Å²) in [5, 5.41) is 0. The second kappa shape index (κ2) is 17.8. The van der Waals surface area contributed by atoms with Gasteiger partial charge in [-0.15, -0.1) is 0 Å². The molecule has 0 saturated carbocycles. The first kappa shape index (κ1) is 34.4. The van der Waals surface area contributed by atoms with E-state index in [1.807, 2.05) is 121 Å². The van der Waals surface area contributed by atoms with Crippen LogP contribution in [-0.4, -0.2) is 42.9 Å². The van der Waals surface area contributed by atoms with Crippen molar-refractivity contribution in [1.82, 2.24) is 0 Å². The molecule has 1 saturated heterocycles. The molecule has 6 nitrogen and oxygen atoms in total. The number of carbonyl (C=O) groups excluding carboxylic acids is 1. The van der Waals surface area contributed by atoms with Gasteiger partial charge in [0.1, 0.15) is 24.4 Å². The molecule has 0 spiro atoms. The predicted octanol–water partition coefficient (Wildman–Crippen LogP) is 8.17.